The summed E-state index contributed by atoms with van der Waals surface area (Å²) in [7, 11) is 3.07. The molecule has 4 aromatic carbocycles. The molecule has 0 spiro atoms. The predicted octanol–water partition coefficient (Wildman–Crippen LogP) is 4.24. The first-order valence-electron chi connectivity index (χ1n) is 16.5. The van der Waals surface area contributed by atoms with Gasteiger partial charge in [-0.1, -0.05) is 23.4 Å². The van der Waals surface area contributed by atoms with E-state index in [1.165, 1.54) is 14.2 Å². The maximum atomic E-state index is 12.6. The third-order valence-electron chi connectivity index (χ3n) is 8.92. The van der Waals surface area contributed by atoms with Gasteiger partial charge in [-0.3, -0.25) is 4.79 Å². The fourth-order valence-corrected chi connectivity index (χ4v) is 6.24. The second-order valence-electron chi connectivity index (χ2n) is 12.0. The number of benzene rings is 4. The van der Waals surface area contributed by atoms with Gasteiger partial charge in [-0.2, -0.15) is 0 Å². The van der Waals surface area contributed by atoms with Crippen molar-refractivity contribution in [3.8, 4) is 23.0 Å². The number of fused-ring (bicyclic) bond motifs is 1. The summed E-state index contributed by atoms with van der Waals surface area (Å²) in [6.45, 7) is -0.508. The zero-order valence-electron chi connectivity index (χ0n) is 28.3. The van der Waals surface area contributed by atoms with Gasteiger partial charge in [0.15, 0.2) is 17.6 Å². The standard InChI is InChI=1S/C38H41N3O10/c1-47-34-15-23(31-17-33(51-41-31)24-13-25(18-42)29(21-45)26(14-24)19-43)16-35(48-2)36(34)50-11-5-10-49-32-9-8-22(12-27(32)20-44)37-39-30-7-4-3-6-28(30)38(46)40-37/h3-4,6-9,12-16,33,37,39,42-45H,5,10-11,17-21H2,1-2H3,(H,40,46). The van der Waals surface area contributed by atoms with Crippen molar-refractivity contribution in [1.29, 1.82) is 0 Å². The molecule has 2 aliphatic rings. The molecule has 13 nitrogen and oxygen atoms in total. The highest BCUT2D eigenvalue weighted by Crippen LogP contribution is 2.41. The highest BCUT2D eigenvalue weighted by Gasteiger charge is 2.28. The maximum absolute atomic E-state index is 12.6. The molecule has 0 aromatic heterocycles. The minimum absolute atomic E-state index is 0.171. The van der Waals surface area contributed by atoms with Crippen molar-refractivity contribution < 1.29 is 49.0 Å². The van der Waals surface area contributed by atoms with Crippen LogP contribution in [-0.2, 0) is 31.3 Å². The number of carbonyl (C=O) groups excluding carboxylic acids is 1. The molecule has 6 N–H and O–H groups in total. The fraction of sp³-hybridized carbons (Fsp3) is 0.316. The first-order valence-corrected chi connectivity index (χ1v) is 16.5. The smallest absolute Gasteiger partial charge is 0.255 e. The van der Waals surface area contributed by atoms with Gasteiger partial charge in [0.05, 0.1) is 65.1 Å². The van der Waals surface area contributed by atoms with Gasteiger partial charge in [-0.25, -0.2) is 0 Å². The molecule has 0 saturated heterocycles. The van der Waals surface area contributed by atoms with Crippen LogP contribution in [0.1, 0.15) is 74.4 Å². The molecule has 0 saturated carbocycles. The summed E-state index contributed by atoms with van der Waals surface area (Å²) in [4.78, 5) is 18.3. The van der Waals surface area contributed by atoms with Gasteiger partial charge in [0, 0.05) is 29.7 Å². The number of carbonyl (C=O) groups is 1. The summed E-state index contributed by atoms with van der Waals surface area (Å²) < 4.78 is 23.4. The highest BCUT2D eigenvalue weighted by molar-refractivity contribution is 6.02. The van der Waals surface area contributed by atoms with E-state index in [9.17, 15) is 25.2 Å². The number of hydrogen-bond acceptors (Lipinski definition) is 12. The fourth-order valence-electron chi connectivity index (χ4n) is 6.24. The molecule has 1 amide bonds. The van der Waals surface area contributed by atoms with Crippen molar-refractivity contribution >= 4 is 17.3 Å². The van der Waals surface area contributed by atoms with Crippen molar-refractivity contribution in [2.24, 2.45) is 5.16 Å². The molecule has 2 aliphatic heterocycles. The zero-order valence-corrected chi connectivity index (χ0v) is 28.3. The Balaban J connectivity index is 1.06. The number of nitrogens with zero attached hydrogens (tertiary/aromatic N) is 1. The van der Waals surface area contributed by atoms with Gasteiger partial charge < -0.3 is 54.8 Å². The van der Waals surface area contributed by atoms with Crippen molar-refractivity contribution in [2.75, 3.05) is 32.8 Å². The Kier molecular flexibility index (Phi) is 11.2. The van der Waals surface area contributed by atoms with Gasteiger partial charge in [0.1, 0.15) is 11.9 Å². The first-order chi connectivity index (χ1) is 24.9. The van der Waals surface area contributed by atoms with Crippen LogP contribution in [0.4, 0.5) is 5.69 Å². The Morgan fingerprint density at radius 1 is 0.765 bits per heavy atom. The Hall–Kier alpha value is -5.34. The van der Waals surface area contributed by atoms with E-state index in [4.69, 9.17) is 23.8 Å². The van der Waals surface area contributed by atoms with Crippen molar-refractivity contribution in [3.63, 3.8) is 0 Å². The normalized spacial score (nSPS) is 16.4. The lowest BCUT2D eigenvalue weighted by Crippen LogP contribution is -2.38. The van der Waals surface area contributed by atoms with Gasteiger partial charge in [-0.15, -0.1) is 0 Å². The van der Waals surface area contributed by atoms with Crippen LogP contribution < -0.4 is 29.6 Å². The number of ether oxygens (including phenoxy) is 4. The predicted molar refractivity (Wildman–Crippen MR) is 187 cm³/mol. The molecular weight excluding hydrogens is 658 g/mol. The average molecular weight is 700 g/mol. The number of rotatable bonds is 15. The van der Waals surface area contributed by atoms with E-state index in [-0.39, 0.29) is 38.9 Å². The van der Waals surface area contributed by atoms with E-state index in [1.807, 2.05) is 30.3 Å². The van der Waals surface area contributed by atoms with Crippen LogP contribution in [0, 0.1) is 0 Å². The molecule has 2 heterocycles. The van der Waals surface area contributed by atoms with Gasteiger partial charge in [0.25, 0.3) is 5.91 Å². The molecule has 51 heavy (non-hydrogen) atoms. The van der Waals surface area contributed by atoms with Crippen LogP contribution >= 0.6 is 0 Å². The van der Waals surface area contributed by atoms with Crippen LogP contribution in [0.5, 0.6) is 23.0 Å². The summed E-state index contributed by atoms with van der Waals surface area (Å²) in [6, 6.07) is 19.8. The average Bonchev–Trinajstić information content (AvgIpc) is 3.67. The second kappa shape index (κ2) is 16.1. The van der Waals surface area contributed by atoms with Crippen LogP contribution in [-0.4, -0.2) is 59.5 Å². The Labute approximate surface area is 295 Å². The van der Waals surface area contributed by atoms with E-state index < -0.39 is 12.3 Å². The quantitative estimate of drug-likeness (QED) is 0.0978. The third kappa shape index (κ3) is 7.56. The van der Waals surface area contributed by atoms with Gasteiger partial charge in [0.2, 0.25) is 5.75 Å². The summed E-state index contributed by atoms with van der Waals surface area (Å²) in [6.07, 6.45) is 0.0205. The van der Waals surface area contributed by atoms with Crippen LogP contribution in [0.3, 0.4) is 0 Å². The Morgan fingerprint density at radius 2 is 1.43 bits per heavy atom. The lowest BCUT2D eigenvalue weighted by Gasteiger charge is -2.28. The van der Waals surface area contributed by atoms with Crippen molar-refractivity contribution in [2.45, 2.75) is 51.5 Å². The van der Waals surface area contributed by atoms with E-state index in [0.29, 0.717) is 81.5 Å². The number of aliphatic hydroxyl groups is 4. The van der Waals surface area contributed by atoms with Gasteiger partial charge in [-0.05, 0) is 76.3 Å². The Bertz CT molecular complexity index is 1860. The third-order valence-corrected chi connectivity index (χ3v) is 8.92. The number of hydrogen-bond donors (Lipinski definition) is 6. The summed E-state index contributed by atoms with van der Waals surface area (Å²) >= 11 is 0. The van der Waals surface area contributed by atoms with E-state index in [0.717, 1.165) is 16.8 Å². The summed E-state index contributed by atoms with van der Waals surface area (Å²) in [5.41, 5.74) is 6.33. The van der Waals surface area contributed by atoms with Crippen LogP contribution in [0.15, 0.2) is 71.9 Å². The minimum atomic E-state index is -0.457. The zero-order chi connectivity index (χ0) is 35.9. The lowest BCUT2D eigenvalue weighted by molar-refractivity contribution is 0.0853. The SMILES string of the molecule is COc1cc(C2=NOC(c3cc(CO)c(CO)c(CO)c3)C2)cc(OC)c1OCCCOc1ccc(C2NC(=O)c3ccccc3N2)cc1CO. The maximum Gasteiger partial charge on any atom is 0.255 e. The van der Waals surface area contributed by atoms with Crippen molar-refractivity contribution in [3.05, 3.63) is 111 Å². The van der Waals surface area contributed by atoms with Crippen LogP contribution in [0.2, 0.25) is 0 Å². The van der Waals surface area contributed by atoms with Crippen LogP contribution in [0.25, 0.3) is 0 Å². The van der Waals surface area contributed by atoms with Crippen molar-refractivity contribution in [1.82, 2.24) is 5.32 Å². The molecule has 6 rings (SSSR count). The summed E-state index contributed by atoms with van der Waals surface area (Å²) in [5.74, 6) is 1.67. The number of nitrogens with one attached hydrogen (secondary N) is 2. The largest absolute Gasteiger partial charge is 0.493 e. The number of para-hydroxylation sites is 1. The number of aliphatic hydroxyl groups excluding tert-OH is 4. The highest BCUT2D eigenvalue weighted by atomic mass is 16.6. The minimum Gasteiger partial charge on any atom is -0.493 e. The molecular formula is C38H41N3O10. The molecule has 2 unspecified atom stereocenters. The molecule has 2 atom stereocenters. The molecule has 268 valence electrons. The number of amides is 1. The molecule has 0 aliphatic carbocycles. The summed E-state index contributed by atoms with van der Waals surface area (Å²) in [5, 5.41) is 50.0. The first kappa shape index (κ1) is 35.5. The molecule has 4 aromatic rings. The van der Waals surface area contributed by atoms with E-state index in [2.05, 4.69) is 15.8 Å². The molecule has 0 radical (unpaired) electrons. The Morgan fingerprint density at radius 3 is 2.10 bits per heavy atom. The van der Waals surface area contributed by atoms with E-state index >= 15 is 0 Å². The topological polar surface area (TPSA) is 181 Å². The number of methoxy groups -OCH3 is 2. The molecule has 13 heteroatoms. The number of anilines is 1. The molecule has 0 bridgehead atoms. The van der Waals surface area contributed by atoms with E-state index in [1.54, 1.807) is 36.4 Å². The number of oxime groups is 1. The lowest BCUT2D eigenvalue weighted by atomic mass is 9.93. The van der Waals surface area contributed by atoms with Gasteiger partial charge >= 0.3 is 0 Å². The monoisotopic (exact) mass is 699 g/mol. The second-order valence-corrected chi connectivity index (χ2v) is 12.0. The molecule has 0 fully saturated rings.